The minimum Gasteiger partial charge on any atom is -0.339 e. The zero-order valence-corrected chi connectivity index (χ0v) is 15.1. The lowest BCUT2D eigenvalue weighted by Gasteiger charge is -2.06. The molecule has 1 aromatic carbocycles. The van der Waals surface area contributed by atoms with Crippen molar-refractivity contribution in [2.75, 3.05) is 7.05 Å². The zero-order chi connectivity index (χ0) is 15.7. The van der Waals surface area contributed by atoms with Crippen molar-refractivity contribution >= 4 is 12.4 Å². The molecule has 0 bridgehead atoms. The van der Waals surface area contributed by atoms with E-state index in [4.69, 9.17) is 4.52 Å². The summed E-state index contributed by atoms with van der Waals surface area (Å²) in [6, 6.07) is 9.34. The molecule has 0 radical (unpaired) electrons. The molecule has 3 unspecified atom stereocenters. The number of hydrogen-bond acceptors (Lipinski definition) is 4. The van der Waals surface area contributed by atoms with E-state index in [1.165, 1.54) is 11.1 Å². The molecule has 3 atom stereocenters. The van der Waals surface area contributed by atoms with Crippen LogP contribution >= 0.6 is 12.4 Å². The van der Waals surface area contributed by atoms with Crippen molar-refractivity contribution in [3.8, 4) is 0 Å². The predicted molar refractivity (Wildman–Crippen MR) is 94.4 cm³/mol. The third-order valence-electron chi connectivity index (χ3n) is 4.60. The van der Waals surface area contributed by atoms with Gasteiger partial charge in [0.2, 0.25) is 5.89 Å². The molecule has 1 aromatic heterocycles. The molecule has 0 amide bonds. The van der Waals surface area contributed by atoms with E-state index in [0.717, 1.165) is 24.6 Å². The number of hydrogen-bond donors (Lipinski definition) is 1. The number of benzene rings is 1. The smallest absolute Gasteiger partial charge is 0.230 e. The first-order valence-electron chi connectivity index (χ1n) is 8.18. The highest BCUT2D eigenvalue weighted by atomic mass is 35.5. The molecular formula is C18H26ClN3O. The Morgan fingerprint density at radius 3 is 2.48 bits per heavy atom. The summed E-state index contributed by atoms with van der Waals surface area (Å²) in [5, 5.41) is 7.30. The first kappa shape index (κ1) is 18.0. The van der Waals surface area contributed by atoms with Gasteiger partial charge in [-0.2, -0.15) is 4.98 Å². The Labute approximate surface area is 144 Å². The van der Waals surface area contributed by atoms with Crippen molar-refractivity contribution < 1.29 is 4.52 Å². The molecule has 126 valence electrons. The van der Waals surface area contributed by atoms with Crippen molar-refractivity contribution in [3.05, 3.63) is 47.1 Å². The molecule has 2 aromatic rings. The van der Waals surface area contributed by atoms with Crippen molar-refractivity contribution in [2.24, 2.45) is 0 Å². The SMILES string of the molecule is CNC(C)Cc1noc(C2CC2c2ccc(C(C)C)cc2)n1.Cl. The minimum atomic E-state index is 0. The summed E-state index contributed by atoms with van der Waals surface area (Å²) in [6.07, 6.45) is 1.92. The second kappa shape index (κ2) is 7.45. The Bertz CT molecular complexity index is 623. The van der Waals surface area contributed by atoms with Gasteiger partial charge < -0.3 is 9.84 Å². The Hall–Kier alpha value is -1.39. The summed E-state index contributed by atoms with van der Waals surface area (Å²) in [5.74, 6) is 3.12. The third-order valence-corrected chi connectivity index (χ3v) is 4.60. The van der Waals surface area contributed by atoms with Gasteiger partial charge in [-0.25, -0.2) is 0 Å². The number of nitrogens with zero attached hydrogens (tertiary/aromatic N) is 2. The molecule has 1 aliphatic rings. The van der Waals surface area contributed by atoms with Crippen LogP contribution in [-0.2, 0) is 6.42 Å². The van der Waals surface area contributed by atoms with Gasteiger partial charge in [0.15, 0.2) is 5.82 Å². The van der Waals surface area contributed by atoms with Crippen molar-refractivity contribution in [2.45, 2.75) is 57.4 Å². The van der Waals surface area contributed by atoms with Crippen molar-refractivity contribution in [1.82, 2.24) is 15.5 Å². The lowest BCUT2D eigenvalue weighted by Crippen LogP contribution is -2.24. The lowest BCUT2D eigenvalue weighted by atomic mass is 10.00. The maximum Gasteiger partial charge on any atom is 0.230 e. The van der Waals surface area contributed by atoms with Crippen LogP contribution < -0.4 is 5.32 Å². The van der Waals surface area contributed by atoms with Gasteiger partial charge in [-0.05, 0) is 43.4 Å². The Balaban J connectivity index is 0.00000192. The number of nitrogens with one attached hydrogen (secondary N) is 1. The molecule has 0 spiro atoms. The molecule has 0 saturated heterocycles. The summed E-state index contributed by atoms with van der Waals surface area (Å²) in [4.78, 5) is 4.56. The average molecular weight is 336 g/mol. The summed E-state index contributed by atoms with van der Waals surface area (Å²) in [6.45, 7) is 6.56. The largest absolute Gasteiger partial charge is 0.339 e. The van der Waals surface area contributed by atoms with Gasteiger partial charge in [0.25, 0.3) is 0 Å². The van der Waals surface area contributed by atoms with Gasteiger partial charge in [0.05, 0.1) is 0 Å². The molecule has 4 nitrogen and oxygen atoms in total. The van der Waals surface area contributed by atoms with E-state index in [2.05, 4.69) is 60.5 Å². The van der Waals surface area contributed by atoms with Crippen LogP contribution in [0, 0.1) is 0 Å². The zero-order valence-electron chi connectivity index (χ0n) is 14.2. The fraction of sp³-hybridized carbons (Fsp3) is 0.556. The second-order valence-corrected chi connectivity index (χ2v) is 6.71. The van der Waals surface area contributed by atoms with Crippen molar-refractivity contribution in [1.29, 1.82) is 0 Å². The van der Waals surface area contributed by atoms with Gasteiger partial charge in [0.1, 0.15) is 0 Å². The summed E-state index contributed by atoms with van der Waals surface area (Å²) < 4.78 is 5.46. The Morgan fingerprint density at radius 1 is 1.17 bits per heavy atom. The molecule has 3 rings (SSSR count). The summed E-state index contributed by atoms with van der Waals surface area (Å²) in [7, 11) is 1.95. The third kappa shape index (κ3) is 4.12. The van der Waals surface area contributed by atoms with Gasteiger partial charge in [0, 0.05) is 18.4 Å². The van der Waals surface area contributed by atoms with Gasteiger partial charge in [-0.1, -0.05) is 43.3 Å². The lowest BCUT2D eigenvalue weighted by molar-refractivity contribution is 0.371. The second-order valence-electron chi connectivity index (χ2n) is 6.71. The van der Waals surface area contributed by atoms with Crippen LogP contribution in [0.25, 0.3) is 0 Å². The summed E-state index contributed by atoms with van der Waals surface area (Å²) >= 11 is 0. The monoisotopic (exact) mass is 335 g/mol. The van der Waals surface area contributed by atoms with Crippen LogP contribution in [0.3, 0.4) is 0 Å². The van der Waals surface area contributed by atoms with Crippen LogP contribution in [0.1, 0.15) is 67.8 Å². The maximum absolute atomic E-state index is 5.46. The highest BCUT2D eigenvalue weighted by molar-refractivity contribution is 5.85. The van der Waals surface area contributed by atoms with Crippen molar-refractivity contribution in [3.63, 3.8) is 0 Å². The fourth-order valence-corrected chi connectivity index (χ4v) is 2.84. The van der Waals surface area contributed by atoms with E-state index in [1.807, 2.05) is 7.05 Å². The van der Waals surface area contributed by atoms with Crippen LogP contribution in [0.4, 0.5) is 0 Å². The highest BCUT2D eigenvalue weighted by Crippen LogP contribution is 2.54. The Morgan fingerprint density at radius 2 is 1.87 bits per heavy atom. The molecule has 0 aliphatic heterocycles. The van der Waals surface area contributed by atoms with E-state index in [1.54, 1.807) is 0 Å². The molecule has 1 saturated carbocycles. The summed E-state index contributed by atoms with van der Waals surface area (Å²) in [5.41, 5.74) is 2.78. The maximum atomic E-state index is 5.46. The molecule has 1 N–H and O–H groups in total. The fourth-order valence-electron chi connectivity index (χ4n) is 2.84. The number of aromatic nitrogens is 2. The number of halogens is 1. The van der Waals surface area contributed by atoms with Crippen LogP contribution in [0.2, 0.25) is 0 Å². The van der Waals surface area contributed by atoms with Gasteiger partial charge >= 0.3 is 0 Å². The average Bonchev–Trinajstić information content (AvgIpc) is 3.19. The highest BCUT2D eigenvalue weighted by Gasteiger charge is 2.43. The first-order valence-corrected chi connectivity index (χ1v) is 8.18. The van der Waals surface area contributed by atoms with Gasteiger partial charge in [-0.15, -0.1) is 12.4 Å². The number of rotatable bonds is 6. The van der Waals surface area contributed by atoms with Crippen LogP contribution in [0.15, 0.2) is 28.8 Å². The van der Waals surface area contributed by atoms with E-state index < -0.39 is 0 Å². The topological polar surface area (TPSA) is 51.0 Å². The van der Waals surface area contributed by atoms with E-state index in [0.29, 0.717) is 23.8 Å². The standard InChI is InChI=1S/C18H25N3O.ClH/c1-11(2)13-5-7-14(8-6-13)15-10-16(15)18-20-17(21-22-18)9-12(3)19-4;/h5-8,11-12,15-16,19H,9-10H2,1-4H3;1H. The van der Waals surface area contributed by atoms with Crippen LogP contribution in [-0.4, -0.2) is 23.2 Å². The molecular weight excluding hydrogens is 310 g/mol. The molecule has 23 heavy (non-hydrogen) atoms. The normalized spacial score (nSPS) is 21.1. The predicted octanol–water partition coefficient (Wildman–Crippen LogP) is 4.04. The molecule has 5 heteroatoms. The molecule has 1 fully saturated rings. The Kier molecular flexibility index (Phi) is 5.82. The van der Waals surface area contributed by atoms with E-state index in [9.17, 15) is 0 Å². The van der Waals surface area contributed by atoms with Crippen LogP contribution in [0.5, 0.6) is 0 Å². The molecule has 1 heterocycles. The number of likely N-dealkylation sites (N-methyl/N-ethyl adjacent to an activating group) is 1. The molecule has 1 aliphatic carbocycles. The first-order chi connectivity index (χ1) is 10.6. The minimum absolute atomic E-state index is 0. The quantitative estimate of drug-likeness (QED) is 0.865. The van der Waals surface area contributed by atoms with Gasteiger partial charge in [-0.3, -0.25) is 0 Å². The van der Waals surface area contributed by atoms with E-state index in [-0.39, 0.29) is 12.4 Å². The van der Waals surface area contributed by atoms with E-state index >= 15 is 0 Å².